The summed E-state index contributed by atoms with van der Waals surface area (Å²) in [6.07, 6.45) is -0.382. The Hall–Kier alpha value is -1.97. The van der Waals surface area contributed by atoms with Gasteiger partial charge in [0.1, 0.15) is 17.7 Å². The molecule has 9 nitrogen and oxygen atoms in total. The topological polar surface area (TPSA) is 139 Å². The minimum Gasteiger partial charge on any atom is -0.388 e. The molecule has 2 aromatic heterocycles. The molecule has 0 bridgehead atoms. The summed E-state index contributed by atoms with van der Waals surface area (Å²) >= 11 is 5.84. The number of aliphatic hydroxyl groups excluding tert-OH is 2. The smallest absolute Gasteiger partial charge is 0.226 e. The Kier molecular flexibility index (Phi) is 4.33. The van der Waals surface area contributed by atoms with Crippen molar-refractivity contribution in [3.63, 3.8) is 0 Å². The summed E-state index contributed by atoms with van der Waals surface area (Å²) in [5.41, 5.74) is 6.52. The number of nitrogen functional groups attached to an aromatic ring is 1. The third-order valence-corrected chi connectivity index (χ3v) is 4.45. The number of carbonyl (C=O) groups is 1. The van der Waals surface area contributed by atoms with E-state index in [9.17, 15) is 15.0 Å². The number of nitrogens with zero attached hydrogens (tertiary/aromatic N) is 4. The molecule has 3 rings (SSSR count). The molecule has 1 amide bonds. The van der Waals surface area contributed by atoms with Crippen LogP contribution in [0.2, 0.25) is 5.28 Å². The molecular formula is C14H19ClN6O3. The van der Waals surface area contributed by atoms with Gasteiger partial charge in [-0.3, -0.25) is 4.79 Å². The van der Waals surface area contributed by atoms with Gasteiger partial charge in [-0.25, -0.2) is 4.98 Å². The lowest BCUT2D eigenvalue weighted by atomic mass is 10.1. The Morgan fingerprint density at radius 2 is 2.12 bits per heavy atom. The average Bonchev–Trinajstić information content (AvgIpc) is 3.03. The fraction of sp³-hybridized carbons (Fsp3) is 0.571. The summed E-state index contributed by atoms with van der Waals surface area (Å²) in [5, 5.41) is 23.4. The molecule has 5 N–H and O–H groups in total. The minimum atomic E-state index is -1.09. The molecule has 0 radical (unpaired) electrons. The van der Waals surface area contributed by atoms with Crippen LogP contribution in [-0.2, 0) is 4.79 Å². The largest absolute Gasteiger partial charge is 0.388 e. The second-order valence-electron chi connectivity index (χ2n) is 6.26. The number of nitrogens with two attached hydrogens (primary N) is 1. The zero-order chi connectivity index (χ0) is 17.6. The van der Waals surface area contributed by atoms with Gasteiger partial charge >= 0.3 is 0 Å². The second kappa shape index (κ2) is 6.15. The molecule has 1 aliphatic rings. The van der Waals surface area contributed by atoms with Crippen LogP contribution < -0.4 is 11.1 Å². The number of anilines is 1. The Labute approximate surface area is 142 Å². The Morgan fingerprint density at radius 1 is 1.42 bits per heavy atom. The number of aliphatic hydroxyl groups is 2. The number of nitrogens with one attached hydrogen (secondary N) is 1. The van der Waals surface area contributed by atoms with E-state index in [2.05, 4.69) is 20.3 Å². The Balaban J connectivity index is 1.92. The fourth-order valence-corrected chi connectivity index (χ4v) is 3.10. The number of carbonyl (C=O) groups excluding carboxylic acids is 1. The molecule has 0 aliphatic heterocycles. The zero-order valence-corrected chi connectivity index (χ0v) is 14.0. The fourth-order valence-electron chi connectivity index (χ4n) is 2.93. The normalized spacial score (nSPS) is 27.1. The lowest BCUT2D eigenvalue weighted by Crippen LogP contribution is -2.44. The number of halogens is 1. The van der Waals surface area contributed by atoms with Gasteiger partial charge in [0, 0.05) is 5.92 Å². The molecule has 2 heterocycles. The maximum Gasteiger partial charge on any atom is 0.226 e. The second-order valence-corrected chi connectivity index (χ2v) is 6.59. The highest BCUT2D eigenvalue weighted by Gasteiger charge is 2.43. The molecule has 1 aliphatic carbocycles. The first-order valence-corrected chi connectivity index (χ1v) is 7.99. The predicted octanol–water partition coefficient (Wildman–Crippen LogP) is -0.131. The van der Waals surface area contributed by atoms with E-state index in [1.165, 1.54) is 6.33 Å². The van der Waals surface area contributed by atoms with E-state index in [1.807, 2.05) is 0 Å². The van der Waals surface area contributed by atoms with Crippen LogP contribution in [0.4, 0.5) is 5.82 Å². The number of amides is 1. The van der Waals surface area contributed by atoms with E-state index < -0.39 is 24.3 Å². The van der Waals surface area contributed by atoms with Gasteiger partial charge in [-0.15, -0.1) is 0 Å². The van der Waals surface area contributed by atoms with Gasteiger partial charge in [-0.2, -0.15) is 9.97 Å². The summed E-state index contributed by atoms with van der Waals surface area (Å²) in [6, 6.07) is -1.08. The Bertz CT molecular complexity index is 779. The van der Waals surface area contributed by atoms with Crippen molar-refractivity contribution in [3.05, 3.63) is 11.6 Å². The summed E-state index contributed by atoms with van der Waals surface area (Å²) < 4.78 is 1.61. The predicted molar refractivity (Wildman–Crippen MR) is 87.2 cm³/mol. The van der Waals surface area contributed by atoms with Crippen molar-refractivity contribution in [2.75, 3.05) is 5.73 Å². The van der Waals surface area contributed by atoms with E-state index in [0.717, 1.165) is 0 Å². The van der Waals surface area contributed by atoms with Gasteiger partial charge in [0.05, 0.1) is 18.4 Å². The molecule has 2 aromatic rings. The number of aromatic nitrogens is 4. The number of rotatable bonds is 3. The first-order chi connectivity index (χ1) is 11.3. The average molecular weight is 355 g/mol. The van der Waals surface area contributed by atoms with Crippen molar-refractivity contribution in [1.29, 1.82) is 0 Å². The van der Waals surface area contributed by atoms with Crippen molar-refractivity contribution >= 4 is 34.5 Å². The van der Waals surface area contributed by atoms with Crippen molar-refractivity contribution < 1.29 is 15.0 Å². The molecule has 0 saturated heterocycles. The van der Waals surface area contributed by atoms with Gasteiger partial charge in [-0.05, 0) is 18.0 Å². The van der Waals surface area contributed by atoms with Gasteiger partial charge in [0.25, 0.3) is 0 Å². The van der Waals surface area contributed by atoms with Crippen molar-refractivity contribution in [2.45, 2.75) is 44.6 Å². The molecule has 4 atom stereocenters. The third-order valence-electron chi connectivity index (χ3n) is 4.28. The molecular weight excluding hydrogens is 336 g/mol. The lowest BCUT2D eigenvalue weighted by Gasteiger charge is -2.19. The molecule has 1 fully saturated rings. The monoisotopic (exact) mass is 354 g/mol. The molecule has 0 aromatic carbocycles. The number of hydrogen-bond donors (Lipinski definition) is 4. The summed E-state index contributed by atoms with van der Waals surface area (Å²) in [7, 11) is 0. The quantitative estimate of drug-likeness (QED) is 0.563. The van der Waals surface area contributed by atoms with Crippen LogP contribution in [0.5, 0.6) is 0 Å². The van der Waals surface area contributed by atoms with Crippen LogP contribution in [0.1, 0.15) is 26.3 Å². The summed E-state index contributed by atoms with van der Waals surface area (Å²) in [6.45, 7) is 3.52. The standard InChI is InChI=1S/C14H19ClN6O3/c1-5(2)13(24)18-6-3-7(10(23)9(6)22)21-4-17-8-11(16)19-14(15)20-12(8)21/h4-7,9-10,22-23H,3H2,1-2H3,(H,18,24)(H2,16,19,20). The highest BCUT2D eigenvalue weighted by atomic mass is 35.5. The third kappa shape index (κ3) is 2.79. The van der Waals surface area contributed by atoms with Crippen LogP contribution >= 0.6 is 11.6 Å². The molecule has 10 heteroatoms. The van der Waals surface area contributed by atoms with Crippen LogP contribution in [0, 0.1) is 5.92 Å². The zero-order valence-electron chi connectivity index (χ0n) is 13.2. The van der Waals surface area contributed by atoms with Crippen LogP contribution in [-0.4, -0.2) is 53.9 Å². The van der Waals surface area contributed by atoms with Crippen molar-refractivity contribution in [3.8, 4) is 0 Å². The van der Waals surface area contributed by atoms with Gasteiger partial charge in [0.2, 0.25) is 11.2 Å². The van der Waals surface area contributed by atoms with Crippen LogP contribution in [0.3, 0.4) is 0 Å². The lowest BCUT2D eigenvalue weighted by molar-refractivity contribution is -0.125. The summed E-state index contributed by atoms with van der Waals surface area (Å²) in [5.74, 6) is -0.257. The van der Waals surface area contributed by atoms with E-state index >= 15 is 0 Å². The van der Waals surface area contributed by atoms with E-state index in [4.69, 9.17) is 17.3 Å². The first kappa shape index (κ1) is 16.9. The van der Waals surface area contributed by atoms with E-state index in [-0.39, 0.29) is 22.9 Å². The highest BCUT2D eigenvalue weighted by molar-refractivity contribution is 6.28. The number of hydrogen-bond acceptors (Lipinski definition) is 7. The van der Waals surface area contributed by atoms with Crippen LogP contribution in [0.15, 0.2) is 6.33 Å². The number of imidazole rings is 1. The SMILES string of the molecule is CC(C)C(=O)NC1CC(n2cnc3c(N)nc(Cl)nc32)C(O)C1O. The first-order valence-electron chi connectivity index (χ1n) is 7.61. The molecule has 0 spiro atoms. The van der Waals surface area contributed by atoms with Crippen LogP contribution in [0.25, 0.3) is 11.2 Å². The molecule has 130 valence electrons. The number of fused-ring (bicyclic) bond motifs is 1. The summed E-state index contributed by atoms with van der Waals surface area (Å²) in [4.78, 5) is 24.0. The maximum absolute atomic E-state index is 11.9. The van der Waals surface area contributed by atoms with Crippen molar-refractivity contribution in [2.24, 2.45) is 5.92 Å². The van der Waals surface area contributed by atoms with Gasteiger partial charge in [0.15, 0.2) is 11.5 Å². The maximum atomic E-state index is 11.9. The van der Waals surface area contributed by atoms with E-state index in [1.54, 1.807) is 18.4 Å². The highest BCUT2D eigenvalue weighted by Crippen LogP contribution is 2.34. The van der Waals surface area contributed by atoms with Gasteiger partial charge < -0.3 is 25.8 Å². The van der Waals surface area contributed by atoms with Crippen molar-refractivity contribution in [1.82, 2.24) is 24.8 Å². The minimum absolute atomic E-state index is 0.0283. The Morgan fingerprint density at radius 3 is 2.79 bits per heavy atom. The molecule has 1 saturated carbocycles. The molecule has 24 heavy (non-hydrogen) atoms. The van der Waals surface area contributed by atoms with E-state index in [0.29, 0.717) is 17.6 Å². The van der Waals surface area contributed by atoms with Gasteiger partial charge in [-0.1, -0.05) is 13.8 Å². The molecule has 4 unspecified atom stereocenters.